The van der Waals surface area contributed by atoms with Crippen molar-refractivity contribution in [1.82, 2.24) is 20.1 Å². The highest BCUT2D eigenvalue weighted by Crippen LogP contribution is 2.27. The van der Waals surface area contributed by atoms with E-state index in [1.807, 2.05) is 0 Å². The third-order valence-corrected chi connectivity index (χ3v) is 5.98. The largest absolute Gasteiger partial charge is 0.347 e. The van der Waals surface area contributed by atoms with Crippen LogP contribution < -0.4 is 10.2 Å². The molecule has 124 valence electrons. The second-order valence-electron chi connectivity index (χ2n) is 6.65. The van der Waals surface area contributed by atoms with Gasteiger partial charge < -0.3 is 10.2 Å². The van der Waals surface area contributed by atoms with Gasteiger partial charge in [0.15, 0.2) is 0 Å². The summed E-state index contributed by atoms with van der Waals surface area (Å²) in [6, 6.07) is 4.98. The van der Waals surface area contributed by atoms with Crippen LogP contribution in [0.4, 0.5) is 5.13 Å². The molecule has 2 fully saturated rings. The van der Waals surface area contributed by atoms with Gasteiger partial charge >= 0.3 is 0 Å². The van der Waals surface area contributed by atoms with E-state index < -0.39 is 0 Å². The molecule has 1 saturated carbocycles. The van der Waals surface area contributed by atoms with Crippen LogP contribution in [0.15, 0.2) is 18.3 Å². The maximum absolute atomic E-state index is 4.42. The van der Waals surface area contributed by atoms with E-state index in [4.69, 9.17) is 0 Å². The van der Waals surface area contributed by atoms with Gasteiger partial charge in [-0.25, -0.2) is 0 Å². The van der Waals surface area contributed by atoms with Gasteiger partial charge in [0.25, 0.3) is 0 Å². The lowest BCUT2D eigenvalue weighted by Gasteiger charge is -2.23. The average molecular weight is 331 g/mol. The Hall–Kier alpha value is -1.40. The summed E-state index contributed by atoms with van der Waals surface area (Å²) in [6.45, 7) is 3.16. The molecule has 0 unspecified atom stereocenters. The van der Waals surface area contributed by atoms with Crippen molar-refractivity contribution in [3.8, 4) is 5.13 Å². The molecule has 1 aliphatic heterocycles. The zero-order valence-corrected chi connectivity index (χ0v) is 14.4. The Morgan fingerprint density at radius 1 is 1.04 bits per heavy atom. The van der Waals surface area contributed by atoms with Crippen LogP contribution in [0.2, 0.25) is 0 Å². The molecule has 6 heteroatoms. The minimum atomic E-state index is 0.682. The molecule has 1 N–H and O–H groups in total. The van der Waals surface area contributed by atoms with E-state index >= 15 is 0 Å². The third kappa shape index (κ3) is 3.43. The van der Waals surface area contributed by atoms with E-state index in [-0.39, 0.29) is 0 Å². The normalized spacial score (nSPS) is 19.6. The summed E-state index contributed by atoms with van der Waals surface area (Å²) < 4.78 is 2.19. The van der Waals surface area contributed by atoms with E-state index in [0.29, 0.717) is 6.04 Å². The summed E-state index contributed by atoms with van der Waals surface area (Å²) in [5.41, 5.74) is 1.28. The number of aromatic nitrogens is 3. The van der Waals surface area contributed by atoms with Gasteiger partial charge in [0.1, 0.15) is 0 Å². The van der Waals surface area contributed by atoms with Crippen LogP contribution in [0.5, 0.6) is 0 Å². The first kappa shape index (κ1) is 15.1. The van der Waals surface area contributed by atoms with Crippen molar-refractivity contribution in [3.63, 3.8) is 0 Å². The lowest BCUT2D eigenvalue weighted by atomic mass is 9.95. The van der Waals surface area contributed by atoms with Crippen molar-refractivity contribution in [3.05, 3.63) is 24.0 Å². The monoisotopic (exact) mass is 331 g/mol. The van der Waals surface area contributed by atoms with Crippen molar-refractivity contribution >= 4 is 16.5 Å². The van der Waals surface area contributed by atoms with Crippen LogP contribution in [0.25, 0.3) is 5.13 Å². The van der Waals surface area contributed by atoms with Gasteiger partial charge in [0.2, 0.25) is 10.3 Å². The fourth-order valence-corrected chi connectivity index (χ4v) is 4.56. The number of hydrogen-bond donors (Lipinski definition) is 1. The first-order valence-electron chi connectivity index (χ1n) is 8.88. The summed E-state index contributed by atoms with van der Waals surface area (Å²) in [7, 11) is 0. The van der Waals surface area contributed by atoms with Crippen molar-refractivity contribution in [2.24, 2.45) is 0 Å². The summed E-state index contributed by atoms with van der Waals surface area (Å²) in [6.07, 6.45) is 11.4. The fourth-order valence-electron chi connectivity index (χ4n) is 3.64. The number of hydrogen-bond acceptors (Lipinski definition) is 5. The Balaban J connectivity index is 1.44. The summed E-state index contributed by atoms with van der Waals surface area (Å²) >= 11 is 1.70. The first-order chi connectivity index (χ1) is 11.4. The van der Waals surface area contributed by atoms with Crippen LogP contribution in [0, 0.1) is 0 Å². The minimum absolute atomic E-state index is 0.682. The van der Waals surface area contributed by atoms with Crippen LogP contribution in [0.1, 0.15) is 50.6 Å². The molecule has 2 aromatic rings. The van der Waals surface area contributed by atoms with Crippen LogP contribution in [0.3, 0.4) is 0 Å². The van der Waals surface area contributed by atoms with Gasteiger partial charge in [0, 0.05) is 37.6 Å². The Bertz CT molecular complexity index is 622. The lowest BCUT2D eigenvalue weighted by Crippen LogP contribution is -2.31. The van der Waals surface area contributed by atoms with Crippen LogP contribution >= 0.6 is 11.3 Å². The van der Waals surface area contributed by atoms with Gasteiger partial charge in [-0.3, -0.25) is 4.57 Å². The Morgan fingerprint density at radius 2 is 1.83 bits per heavy atom. The van der Waals surface area contributed by atoms with Gasteiger partial charge in [-0.05, 0) is 37.8 Å². The second kappa shape index (κ2) is 7.01. The predicted octanol–water partition coefficient (Wildman–Crippen LogP) is 3.35. The van der Waals surface area contributed by atoms with E-state index in [1.54, 1.807) is 11.3 Å². The topological polar surface area (TPSA) is 46.0 Å². The van der Waals surface area contributed by atoms with E-state index in [2.05, 4.69) is 43.3 Å². The zero-order valence-electron chi connectivity index (χ0n) is 13.6. The van der Waals surface area contributed by atoms with Crippen LogP contribution in [-0.2, 0) is 6.54 Å². The molecule has 2 aromatic heterocycles. The number of anilines is 1. The molecular formula is C17H25N5S. The Morgan fingerprint density at radius 3 is 2.65 bits per heavy atom. The van der Waals surface area contributed by atoms with Crippen LogP contribution in [-0.4, -0.2) is 33.9 Å². The molecule has 1 saturated heterocycles. The molecule has 0 aromatic carbocycles. The molecule has 0 spiro atoms. The summed E-state index contributed by atoms with van der Waals surface area (Å²) in [5, 5.41) is 14.6. The molecule has 2 aliphatic rings. The lowest BCUT2D eigenvalue weighted by molar-refractivity contribution is 0.370. The van der Waals surface area contributed by atoms with E-state index in [1.165, 1.54) is 50.6 Å². The molecule has 3 heterocycles. The zero-order chi connectivity index (χ0) is 15.5. The molecule has 5 nitrogen and oxygen atoms in total. The second-order valence-corrected chi connectivity index (χ2v) is 7.58. The molecule has 4 rings (SSSR count). The number of rotatable bonds is 5. The quantitative estimate of drug-likeness (QED) is 0.913. The molecule has 23 heavy (non-hydrogen) atoms. The van der Waals surface area contributed by atoms with E-state index in [0.717, 1.165) is 29.9 Å². The summed E-state index contributed by atoms with van der Waals surface area (Å²) in [5.74, 6) is 0. The van der Waals surface area contributed by atoms with Crippen molar-refractivity contribution in [2.75, 3.05) is 18.0 Å². The number of nitrogens with one attached hydrogen (secondary N) is 1. The standard InChI is InChI=1S/C17H25N5S/c1-2-7-14(8-3-1)18-13-15-9-6-12-22(15)17-20-19-16(23-17)21-10-4-5-11-21/h6,9,12,14,18H,1-5,7-8,10-11,13H2. The van der Waals surface area contributed by atoms with Crippen molar-refractivity contribution < 1.29 is 0 Å². The van der Waals surface area contributed by atoms with E-state index in [9.17, 15) is 0 Å². The smallest absolute Gasteiger partial charge is 0.218 e. The molecular weight excluding hydrogens is 306 g/mol. The van der Waals surface area contributed by atoms with Crippen molar-refractivity contribution in [2.45, 2.75) is 57.5 Å². The Kier molecular flexibility index (Phi) is 4.62. The molecule has 0 radical (unpaired) electrons. The SMILES string of the molecule is c1cc(CNC2CCCCC2)n(-c2nnc(N3CCCC3)s2)c1. The predicted molar refractivity (Wildman–Crippen MR) is 94.4 cm³/mol. The maximum Gasteiger partial charge on any atom is 0.218 e. The first-order valence-corrected chi connectivity index (χ1v) is 9.70. The highest BCUT2D eigenvalue weighted by Gasteiger charge is 2.18. The third-order valence-electron chi connectivity index (χ3n) is 5.00. The average Bonchev–Trinajstić information content (AvgIpc) is 3.32. The molecule has 1 aliphatic carbocycles. The fraction of sp³-hybridized carbons (Fsp3) is 0.647. The Labute approximate surface area is 141 Å². The van der Waals surface area contributed by atoms with Crippen molar-refractivity contribution in [1.29, 1.82) is 0 Å². The maximum atomic E-state index is 4.42. The van der Waals surface area contributed by atoms with Gasteiger partial charge in [-0.15, -0.1) is 10.2 Å². The van der Waals surface area contributed by atoms with Gasteiger partial charge in [-0.1, -0.05) is 30.6 Å². The molecule has 0 bridgehead atoms. The number of nitrogens with zero attached hydrogens (tertiary/aromatic N) is 4. The van der Waals surface area contributed by atoms with Gasteiger partial charge in [-0.2, -0.15) is 0 Å². The highest BCUT2D eigenvalue weighted by atomic mass is 32.1. The van der Waals surface area contributed by atoms with Gasteiger partial charge in [0.05, 0.1) is 0 Å². The molecule has 0 atom stereocenters. The minimum Gasteiger partial charge on any atom is -0.347 e. The molecule has 0 amide bonds. The summed E-state index contributed by atoms with van der Waals surface area (Å²) in [4.78, 5) is 2.35. The highest BCUT2D eigenvalue weighted by molar-refractivity contribution is 7.17.